The van der Waals surface area contributed by atoms with Crippen LogP contribution in [0.25, 0.3) is 0 Å². The lowest BCUT2D eigenvalue weighted by atomic mass is 9.81. The molecule has 0 aliphatic heterocycles. The van der Waals surface area contributed by atoms with Gasteiger partial charge in [0, 0.05) is 4.83 Å². The lowest BCUT2D eigenvalue weighted by Crippen LogP contribution is -2.24. The minimum absolute atomic E-state index is 0.850. The Bertz CT molecular complexity index is 243. The molecule has 3 rings (SSSR count). The maximum atomic E-state index is 3.83. The predicted octanol–water partition coefficient (Wildman–Crippen LogP) is 3.37. The van der Waals surface area contributed by atoms with E-state index in [1.165, 1.54) is 19.3 Å². The Morgan fingerprint density at radius 3 is 3.00 bits per heavy atom. The van der Waals surface area contributed by atoms with Crippen molar-refractivity contribution in [2.75, 3.05) is 0 Å². The maximum absolute atomic E-state index is 3.83. The van der Waals surface area contributed by atoms with Crippen LogP contribution in [0.4, 0.5) is 0 Å². The highest BCUT2D eigenvalue weighted by molar-refractivity contribution is 9.09. The minimum Gasteiger partial charge on any atom is -0.0887 e. The molecule has 0 aromatic rings. The standard InChI is InChI=1S/C11H15Br/c1-6-2-8-7-4-10(9(8)3-6)11(12)5-7/h2,7-11H,3-5H2,1H3. The van der Waals surface area contributed by atoms with Crippen LogP contribution in [0, 0.1) is 23.7 Å². The van der Waals surface area contributed by atoms with Crippen LogP contribution in [0.15, 0.2) is 11.6 Å². The number of rotatable bonds is 0. The van der Waals surface area contributed by atoms with Crippen molar-refractivity contribution in [2.45, 2.75) is 31.0 Å². The van der Waals surface area contributed by atoms with E-state index in [1.807, 2.05) is 0 Å². The van der Waals surface area contributed by atoms with Crippen LogP contribution in [0.3, 0.4) is 0 Å². The van der Waals surface area contributed by atoms with Crippen molar-refractivity contribution in [3.05, 3.63) is 11.6 Å². The fourth-order valence-electron chi connectivity index (χ4n) is 3.77. The fraction of sp³-hybridized carbons (Fsp3) is 0.818. The van der Waals surface area contributed by atoms with Crippen LogP contribution in [0.2, 0.25) is 0 Å². The highest BCUT2D eigenvalue weighted by Crippen LogP contribution is 2.59. The number of alkyl halides is 1. The SMILES string of the molecule is CC1=CC2C3CC(Br)C(C3)C2C1. The van der Waals surface area contributed by atoms with E-state index in [1.54, 1.807) is 5.57 Å². The van der Waals surface area contributed by atoms with Gasteiger partial charge in [0.25, 0.3) is 0 Å². The molecule has 2 saturated carbocycles. The first-order valence-electron chi connectivity index (χ1n) is 5.07. The largest absolute Gasteiger partial charge is 0.0887 e. The highest BCUT2D eigenvalue weighted by atomic mass is 79.9. The molecule has 0 N–H and O–H groups in total. The number of allylic oxidation sites excluding steroid dienone is 2. The third kappa shape index (κ3) is 0.837. The van der Waals surface area contributed by atoms with Gasteiger partial charge in [-0.1, -0.05) is 27.6 Å². The van der Waals surface area contributed by atoms with E-state index in [0.717, 1.165) is 28.5 Å². The summed E-state index contributed by atoms with van der Waals surface area (Å²) >= 11 is 3.83. The molecule has 0 saturated heterocycles. The van der Waals surface area contributed by atoms with E-state index in [0.29, 0.717) is 0 Å². The normalized spacial score (nSPS) is 55.8. The van der Waals surface area contributed by atoms with Gasteiger partial charge in [-0.3, -0.25) is 0 Å². The van der Waals surface area contributed by atoms with Gasteiger partial charge in [-0.25, -0.2) is 0 Å². The van der Waals surface area contributed by atoms with Crippen molar-refractivity contribution in [3.63, 3.8) is 0 Å². The van der Waals surface area contributed by atoms with Crippen LogP contribution in [0.5, 0.6) is 0 Å². The average molecular weight is 227 g/mol. The zero-order valence-electron chi connectivity index (χ0n) is 7.46. The van der Waals surface area contributed by atoms with Crippen molar-refractivity contribution in [1.29, 1.82) is 0 Å². The Balaban J connectivity index is 1.92. The van der Waals surface area contributed by atoms with Gasteiger partial charge in [0.05, 0.1) is 0 Å². The van der Waals surface area contributed by atoms with Gasteiger partial charge < -0.3 is 0 Å². The quantitative estimate of drug-likeness (QED) is 0.439. The van der Waals surface area contributed by atoms with Crippen molar-refractivity contribution < 1.29 is 0 Å². The lowest BCUT2D eigenvalue weighted by Gasteiger charge is -2.27. The molecular formula is C11H15Br. The Kier molecular flexibility index (Phi) is 1.50. The maximum Gasteiger partial charge on any atom is 0.0180 e. The summed E-state index contributed by atoms with van der Waals surface area (Å²) in [5.41, 5.74) is 1.65. The van der Waals surface area contributed by atoms with Crippen LogP contribution >= 0.6 is 15.9 Å². The Labute approximate surface area is 82.5 Å². The molecule has 12 heavy (non-hydrogen) atoms. The summed E-state index contributed by atoms with van der Waals surface area (Å²) in [6, 6.07) is 0. The number of fused-ring (bicyclic) bond motifs is 5. The highest BCUT2D eigenvalue weighted by Gasteiger charge is 2.52. The molecule has 0 amide bonds. The molecule has 2 fully saturated rings. The third-order valence-electron chi connectivity index (χ3n) is 4.19. The molecular weight excluding hydrogens is 212 g/mol. The van der Waals surface area contributed by atoms with E-state index in [-0.39, 0.29) is 0 Å². The summed E-state index contributed by atoms with van der Waals surface area (Å²) in [6.45, 7) is 2.31. The molecule has 0 heterocycles. The molecule has 5 atom stereocenters. The first-order chi connectivity index (χ1) is 5.75. The first-order valence-corrected chi connectivity index (χ1v) is 5.98. The van der Waals surface area contributed by atoms with E-state index < -0.39 is 0 Å². The molecule has 0 radical (unpaired) electrons. The van der Waals surface area contributed by atoms with Crippen molar-refractivity contribution in [2.24, 2.45) is 23.7 Å². The van der Waals surface area contributed by atoms with Gasteiger partial charge in [-0.15, -0.1) is 0 Å². The topological polar surface area (TPSA) is 0 Å². The number of halogens is 1. The molecule has 3 aliphatic carbocycles. The number of hydrogen-bond acceptors (Lipinski definition) is 0. The summed E-state index contributed by atoms with van der Waals surface area (Å²) in [6.07, 6.45) is 6.91. The number of hydrogen-bond donors (Lipinski definition) is 0. The Morgan fingerprint density at radius 2 is 2.17 bits per heavy atom. The second-order valence-corrected chi connectivity index (χ2v) is 6.05. The smallest absolute Gasteiger partial charge is 0.0180 e. The van der Waals surface area contributed by atoms with Gasteiger partial charge in [0.2, 0.25) is 0 Å². The van der Waals surface area contributed by atoms with E-state index in [9.17, 15) is 0 Å². The zero-order chi connectivity index (χ0) is 8.29. The molecule has 2 bridgehead atoms. The van der Waals surface area contributed by atoms with Gasteiger partial charge in [0.1, 0.15) is 0 Å². The summed E-state index contributed by atoms with van der Waals surface area (Å²) in [4.78, 5) is 0.850. The van der Waals surface area contributed by atoms with Gasteiger partial charge in [-0.05, 0) is 49.9 Å². The van der Waals surface area contributed by atoms with E-state index in [4.69, 9.17) is 0 Å². The van der Waals surface area contributed by atoms with Gasteiger partial charge >= 0.3 is 0 Å². The molecule has 1 heteroatoms. The first kappa shape index (κ1) is 7.61. The van der Waals surface area contributed by atoms with E-state index in [2.05, 4.69) is 28.9 Å². The van der Waals surface area contributed by atoms with Crippen LogP contribution in [-0.2, 0) is 0 Å². The van der Waals surface area contributed by atoms with Crippen LogP contribution < -0.4 is 0 Å². The Hall–Kier alpha value is 0.220. The third-order valence-corrected chi connectivity index (χ3v) is 5.24. The second kappa shape index (κ2) is 2.37. The van der Waals surface area contributed by atoms with Crippen LogP contribution in [0.1, 0.15) is 26.2 Å². The van der Waals surface area contributed by atoms with Crippen molar-refractivity contribution in [3.8, 4) is 0 Å². The summed E-state index contributed by atoms with van der Waals surface area (Å²) < 4.78 is 0. The molecule has 5 unspecified atom stereocenters. The summed E-state index contributed by atoms with van der Waals surface area (Å²) in [7, 11) is 0. The predicted molar refractivity (Wildman–Crippen MR) is 54.3 cm³/mol. The lowest BCUT2D eigenvalue weighted by molar-refractivity contribution is 0.294. The average Bonchev–Trinajstić information content (AvgIpc) is 2.57. The zero-order valence-corrected chi connectivity index (χ0v) is 9.05. The molecule has 3 aliphatic rings. The second-order valence-electron chi connectivity index (χ2n) is 4.87. The molecule has 0 aromatic heterocycles. The fourth-order valence-corrected chi connectivity index (χ4v) is 4.85. The minimum atomic E-state index is 0.850. The Morgan fingerprint density at radius 1 is 1.33 bits per heavy atom. The molecule has 66 valence electrons. The van der Waals surface area contributed by atoms with E-state index >= 15 is 0 Å². The van der Waals surface area contributed by atoms with Crippen molar-refractivity contribution >= 4 is 15.9 Å². The summed E-state index contributed by atoms with van der Waals surface area (Å²) in [5.74, 6) is 4.03. The van der Waals surface area contributed by atoms with Crippen molar-refractivity contribution in [1.82, 2.24) is 0 Å². The van der Waals surface area contributed by atoms with Gasteiger partial charge in [0.15, 0.2) is 0 Å². The molecule has 0 spiro atoms. The summed E-state index contributed by atoms with van der Waals surface area (Å²) in [5, 5.41) is 0. The van der Waals surface area contributed by atoms with Crippen LogP contribution in [-0.4, -0.2) is 4.83 Å². The molecule has 0 nitrogen and oxygen atoms in total. The molecule has 0 aromatic carbocycles. The van der Waals surface area contributed by atoms with Gasteiger partial charge in [-0.2, -0.15) is 0 Å². The monoisotopic (exact) mass is 226 g/mol.